The first kappa shape index (κ1) is 23.8. The summed E-state index contributed by atoms with van der Waals surface area (Å²) in [6, 6.07) is 12.4. The van der Waals surface area contributed by atoms with Gasteiger partial charge in [0.15, 0.2) is 16.1 Å². The number of aromatic nitrogens is 4. The van der Waals surface area contributed by atoms with E-state index >= 15 is 0 Å². The van der Waals surface area contributed by atoms with E-state index in [1.807, 2.05) is 0 Å². The Labute approximate surface area is 204 Å². The fourth-order valence-corrected chi connectivity index (χ4v) is 5.13. The van der Waals surface area contributed by atoms with Crippen molar-refractivity contribution in [1.82, 2.24) is 19.7 Å². The zero-order valence-electron chi connectivity index (χ0n) is 19.3. The van der Waals surface area contributed by atoms with Crippen molar-refractivity contribution in [3.05, 3.63) is 53.3 Å². The zero-order chi connectivity index (χ0) is 23.4. The van der Waals surface area contributed by atoms with Crippen LogP contribution in [0.25, 0.3) is 11.4 Å². The molecule has 6 nitrogen and oxygen atoms in total. The molecule has 8 heteroatoms. The normalized spacial score (nSPS) is 14.9. The molecule has 0 radical (unpaired) electrons. The van der Waals surface area contributed by atoms with Gasteiger partial charge in [0.2, 0.25) is 5.91 Å². The molecule has 1 saturated carbocycles. The molecule has 33 heavy (non-hydrogen) atoms. The Morgan fingerprint density at radius 3 is 2.52 bits per heavy atom. The summed E-state index contributed by atoms with van der Waals surface area (Å²) >= 11 is 7.47. The maximum Gasteiger partial charge on any atom is 0.234 e. The Balaban J connectivity index is 1.56. The zero-order valence-corrected chi connectivity index (χ0v) is 20.9. The van der Waals surface area contributed by atoms with Crippen LogP contribution in [0.3, 0.4) is 0 Å². The standard InChI is InChI=1S/C25H30ClN5OS/c1-25(2,3)18-13-11-17(12-14-18)23-29-30-24(31(23)19-8-5-4-6-9-19)33-16-21(32)28-20-10-7-15-27-22(20)26/h7,10-15,19H,4-6,8-9,16H2,1-3H3,(H,28,32). The molecule has 2 heterocycles. The molecule has 0 unspecified atom stereocenters. The van der Waals surface area contributed by atoms with Gasteiger partial charge in [-0.15, -0.1) is 10.2 Å². The van der Waals surface area contributed by atoms with Crippen molar-refractivity contribution in [2.45, 2.75) is 69.5 Å². The van der Waals surface area contributed by atoms with E-state index < -0.39 is 0 Å². The van der Waals surface area contributed by atoms with E-state index in [2.05, 4.69) is 70.1 Å². The number of anilines is 1. The molecule has 1 aliphatic carbocycles. The first-order chi connectivity index (χ1) is 15.8. The molecule has 0 atom stereocenters. The van der Waals surface area contributed by atoms with E-state index in [9.17, 15) is 4.79 Å². The number of thioether (sulfide) groups is 1. The van der Waals surface area contributed by atoms with Gasteiger partial charge < -0.3 is 5.32 Å². The molecule has 1 N–H and O–H groups in total. The third-order valence-electron chi connectivity index (χ3n) is 5.98. The van der Waals surface area contributed by atoms with Gasteiger partial charge in [-0.2, -0.15) is 0 Å². The van der Waals surface area contributed by atoms with E-state index in [0.717, 1.165) is 29.4 Å². The van der Waals surface area contributed by atoms with Crippen LogP contribution in [0.5, 0.6) is 0 Å². The first-order valence-electron chi connectivity index (χ1n) is 11.4. The average Bonchev–Trinajstić information content (AvgIpc) is 3.23. The topological polar surface area (TPSA) is 72.7 Å². The van der Waals surface area contributed by atoms with Gasteiger partial charge in [-0.3, -0.25) is 9.36 Å². The number of halogens is 1. The van der Waals surface area contributed by atoms with Crippen molar-refractivity contribution in [2.75, 3.05) is 11.1 Å². The molecule has 0 spiro atoms. The lowest BCUT2D eigenvalue weighted by Gasteiger charge is -2.26. The van der Waals surface area contributed by atoms with Crippen LogP contribution in [0.1, 0.15) is 64.5 Å². The smallest absolute Gasteiger partial charge is 0.234 e. The number of amides is 1. The molecule has 2 aromatic heterocycles. The highest BCUT2D eigenvalue weighted by molar-refractivity contribution is 7.99. The highest BCUT2D eigenvalue weighted by Crippen LogP contribution is 2.36. The van der Waals surface area contributed by atoms with E-state index in [1.165, 1.54) is 36.6 Å². The van der Waals surface area contributed by atoms with Crippen molar-refractivity contribution in [1.29, 1.82) is 0 Å². The number of nitrogens with one attached hydrogen (secondary N) is 1. The molecule has 0 bridgehead atoms. The fourth-order valence-electron chi connectivity index (χ4n) is 4.16. The molecule has 3 aromatic rings. The monoisotopic (exact) mass is 483 g/mol. The van der Waals surface area contributed by atoms with Crippen LogP contribution >= 0.6 is 23.4 Å². The molecule has 0 saturated heterocycles. The molecule has 1 amide bonds. The maximum absolute atomic E-state index is 12.6. The van der Waals surface area contributed by atoms with Gasteiger partial charge in [0, 0.05) is 17.8 Å². The minimum atomic E-state index is -0.149. The number of carbonyl (C=O) groups excluding carboxylic acids is 1. The van der Waals surface area contributed by atoms with Crippen molar-refractivity contribution in [3.63, 3.8) is 0 Å². The quantitative estimate of drug-likeness (QED) is 0.319. The molecule has 4 rings (SSSR count). The SMILES string of the molecule is CC(C)(C)c1ccc(-c2nnc(SCC(=O)Nc3cccnc3Cl)n2C2CCCCC2)cc1. The van der Waals surface area contributed by atoms with Crippen molar-refractivity contribution < 1.29 is 4.79 Å². The second kappa shape index (κ2) is 10.3. The van der Waals surface area contributed by atoms with Crippen LogP contribution in [0.4, 0.5) is 5.69 Å². The van der Waals surface area contributed by atoms with Crippen molar-refractivity contribution >= 4 is 35.0 Å². The summed E-state index contributed by atoms with van der Waals surface area (Å²) in [5.41, 5.74) is 2.95. The van der Waals surface area contributed by atoms with Crippen molar-refractivity contribution in [3.8, 4) is 11.4 Å². The first-order valence-corrected chi connectivity index (χ1v) is 12.8. The predicted molar refractivity (Wildman–Crippen MR) is 135 cm³/mol. The van der Waals surface area contributed by atoms with Gasteiger partial charge in [-0.1, -0.05) is 87.7 Å². The molecule has 1 aromatic carbocycles. The summed E-state index contributed by atoms with van der Waals surface area (Å²) in [4.78, 5) is 16.6. The number of carbonyl (C=O) groups is 1. The van der Waals surface area contributed by atoms with Gasteiger partial charge in [0.05, 0.1) is 11.4 Å². The van der Waals surface area contributed by atoms with Gasteiger partial charge in [0.1, 0.15) is 0 Å². The molecular formula is C25H30ClN5OS. The van der Waals surface area contributed by atoms with E-state index in [-0.39, 0.29) is 22.2 Å². The van der Waals surface area contributed by atoms with E-state index in [4.69, 9.17) is 11.6 Å². The third-order valence-corrected chi connectivity index (χ3v) is 7.22. The Hall–Kier alpha value is -2.38. The van der Waals surface area contributed by atoms with Gasteiger partial charge in [0.25, 0.3) is 0 Å². The lowest BCUT2D eigenvalue weighted by atomic mass is 9.86. The molecular weight excluding hydrogens is 454 g/mol. The van der Waals surface area contributed by atoms with E-state index in [0.29, 0.717) is 11.7 Å². The Morgan fingerprint density at radius 2 is 1.85 bits per heavy atom. The Morgan fingerprint density at radius 1 is 1.12 bits per heavy atom. The average molecular weight is 484 g/mol. The highest BCUT2D eigenvalue weighted by atomic mass is 35.5. The summed E-state index contributed by atoms with van der Waals surface area (Å²) in [7, 11) is 0. The number of benzene rings is 1. The lowest BCUT2D eigenvalue weighted by Crippen LogP contribution is -2.17. The van der Waals surface area contributed by atoms with Crippen LogP contribution in [-0.4, -0.2) is 31.4 Å². The lowest BCUT2D eigenvalue weighted by molar-refractivity contribution is -0.113. The molecule has 174 valence electrons. The predicted octanol–water partition coefficient (Wildman–Crippen LogP) is 6.53. The second-order valence-electron chi connectivity index (χ2n) is 9.47. The fraction of sp³-hybridized carbons (Fsp3) is 0.440. The maximum atomic E-state index is 12.6. The van der Waals surface area contributed by atoms with Gasteiger partial charge in [-0.25, -0.2) is 4.98 Å². The number of rotatable bonds is 6. The van der Waals surface area contributed by atoms with Crippen LogP contribution < -0.4 is 5.32 Å². The van der Waals surface area contributed by atoms with Crippen LogP contribution in [0.15, 0.2) is 47.8 Å². The summed E-state index contributed by atoms with van der Waals surface area (Å²) in [5.74, 6) is 0.948. The van der Waals surface area contributed by atoms with Gasteiger partial charge >= 0.3 is 0 Å². The van der Waals surface area contributed by atoms with Gasteiger partial charge in [-0.05, 0) is 36.0 Å². The second-order valence-corrected chi connectivity index (χ2v) is 10.8. The molecule has 1 fully saturated rings. The molecule has 1 aliphatic rings. The minimum absolute atomic E-state index is 0.0983. The number of nitrogens with zero attached hydrogens (tertiary/aromatic N) is 4. The number of hydrogen-bond acceptors (Lipinski definition) is 5. The highest BCUT2D eigenvalue weighted by Gasteiger charge is 2.25. The Bertz CT molecular complexity index is 1100. The summed E-state index contributed by atoms with van der Waals surface area (Å²) < 4.78 is 2.25. The van der Waals surface area contributed by atoms with E-state index in [1.54, 1.807) is 18.3 Å². The van der Waals surface area contributed by atoms with Crippen LogP contribution in [-0.2, 0) is 10.2 Å². The largest absolute Gasteiger partial charge is 0.323 e. The summed E-state index contributed by atoms with van der Waals surface area (Å²) in [6.45, 7) is 6.64. The summed E-state index contributed by atoms with van der Waals surface area (Å²) in [5, 5.41) is 12.9. The number of hydrogen-bond donors (Lipinski definition) is 1. The van der Waals surface area contributed by atoms with Crippen LogP contribution in [0, 0.1) is 0 Å². The Kier molecular flexibility index (Phi) is 7.39. The summed E-state index contributed by atoms with van der Waals surface area (Å²) in [6.07, 6.45) is 7.48. The minimum Gasteiger partial charge on any atom is -0.323 e. The van der Waals surface area contributed by atoms with Crippen molar-refractivity contribution in [2.24, 2.45) is 0 Å². The van der Waals surface area contributed by atoms with Crippen LogP contribution in [0.2, 0.25) is 5.15 Å². The molecule has 0 aliphatic heterocycles. The third kappa shape index (κ3) is 5.76. The number of pyridine rings is 1.